The molecule has 0 aromatic carbocycles. The number of terminal acetylenes is 1. The Labute approximate surface area is 85.2 Å². The smallest absolute Gasteiger partial charge is 0.188 e. The normalized spacial score (nSPS) is 9.31. The summed E-state index contributed by atoms with van der Waals surface area (Å²) in [6.45, 7) is 0.160. The highest BCUT2D eigenvalue weighted by molar-refractivity contribution is 9.10. The van der Waals surface area contributed by atoms with Gasteiger partial charge in [0.2, 0.25) is 0 Å². The van der Waals surface area contributed by atoms with E-state index in [-0.39, 0.29) is 6.79 Å². The van der Waals surface area contributed by atoms with Gasteiger partial charge in [-0.3, -0.25) is 4.98 Å². The number of methoxy groups -OCH3 is 1. The molecule has 4 heteroatoms. The van der Waals surface area contributed by atoms with Crippen molar-refractivity contribution in [2.24, 2.45) is 0 Å². The SMILES string of the molecule is C#Cc1c(Br)cncc1OCOC. The molecule has 0 spiro atoms. The molecule has 1 heterocycles. The van der Waals surface area contributed by atoms with E-state index in [1.165, 1.54) is 0 Å². The van der Waals surface area contributed by atoms with Crippen molar-refractivity contribution >= 4 is 15.9 Å². The Morgan fingerprint density at radius 1 is 1.62 bits per heavy atom. The predicted octanol–water partition coefficient (Wildman–Crippen LogP) is 1.81. The minimum atomic E-state index is 0.160. The van der Waals surface area contributed by atoms with Crippen LogP contribution in [-0.4, -0.2) is 18.9 Å². The molecule has 0 N–H and O–H groups in total. The Balaban J connectivity index is 2.93. The van der Waals surface area contributed by atoms with Crippen molar-refractivity contribution in [1.29, 1.82) is 0 Å². The molecule has 0 aliphatic carbocycles. The average molecular weight is 242 g/mol. The molecule has 0 amide bonds. The third kappa shape index (κ3) is 2.44. The number of pyridine rings is 1. The topological polar surface area (TPSA) is 31.4 Å². The van der Waals surface area contributed by atoms with E-state index in [0.717, 1.165) is 4.47 Å². The molecule has 1 rings (SSSR count). The monoisotopic (exact) mass is 241 g/mol. The summed E-state index contributed by atoms with van der Waals surface area (Å²) in [5.41, 5.74) is 0.645. The maximum atomic E-state index is 5.29. The minimum Gasteiger partial charge on any atom is -0.465 e. The molecule has 1 aromatic heterocycles. The van der Waals surface area contributed by atoms with Crippen LogP contribution in [-0.2, 0) is 4.74 Å². The number of nitrogens with zero attached hydrogens (tertiary/aromatic N) is 1. The second-order valence-electron chi connectivity index (χ2n) is 2.19. The van der Waals surface area contributed by atoms with Crippen LogP contribution in [0.2, 0.25) is 0 Å². The highest BCUT2D eigenvalue weighted by Gasteiger charge is 2.05. The maximum absolute atomic E-state index is 5.29. The van der Waals surface area contributed by atoms with Gasteiger partial charge in [0.25, 0.3) is 0 Å². The summed E-state index contributed by atoms with van der Waals surface area (Å²) in [6, 6.07) is 0. The first-order chi connectivity index (χ1) is 6.29. The summed E-state index contributed by atoms with van der Waals surface area (Å²) < 4.78 is 10.7. The number of hydrogen-bond donors (Lipinski definition) is 0. The molecule has 3 nitrogen and oxygen atoms in total. The molecule has 68 valence electrons. The fourth-order valence-corrected chi connectivity index (χ4v) is 1.22. The predicted molar refractivity (Wildman–Crippen MR) is 52.4 cm³/mol. The van der Waals surface area contributed by atoms with Crippen LogP contribution in [0.3, 0.4) is 0 Å². The van der Waals surface area contributed by atoms with Crippen molar-refractivity contribution in [3.05, 3.63) is 22.4 Å². The molecule has 0 saturated carbocycles. The van der Waals surface area contributed by atoms with E-state index in [1.54, 1.807) is 19.5 Å². The molecule has 0 atom stereocenters. The number of hydrogen-bond acceptors (Lipinski definition) is 3. The van der Waals surface area contributed by atoms with Crippen LogP contribution in [0.4, 0.5) is 0 Å². The third-order valence-corrected chi connectivity index (χ3v) is 1.94. The molecule has 0 fully saturated rings. The van der Waals surface area contributed by atoms with Crippen LogP contribution in [0.15, 0.2) is 16.9 Å². The molecule has 0 unspecified atom stereocenters. The van der Waals surface area contributed by atoms with Crippen molar-refractivity contribution in [2.45, 2.75) is 0 Å². The largest absolute Gasteiger partial charge is 0.465 e. The van der Waals surface area contributed by atoms with E-state index in [4.69, 9.17) is 15.9 Å². The third-order valence-electron chi connectivity index (χ3n) is 1.34. The van der Waals surface area contributed by atoms with E-state index in [0.29, 0.717) is 11.3 Å². The summed E-state index contributed by atoms with van der Waals surface area (Å²) in [5, 5.41) is 0. The zero-order valence-corrected chi connectivity index (χ0v) is 8.67. The van der Waals surface area contributed by atoms with Crippen molar-refractivity contribution in [2.75, 3.05) is 13.9 Å². The maximum Gasteiger partial charge on any atom is 0.188 e. The fraction of sp³-hybridized carbons (Fsp3) is 0.222. The summed E-state index contributed by atoms with van der Waals surface area (Å²) in [4.78, 5) is 3.92. The van der Waals surface area contributed by atoms with Crippen molar-refractivity contribution in [3.8, 4) is 18.1 Å². The van der Waals surface area contributed by atoms with Gasteiger partial charge in [-0.2, -0.15) is 0 Å². The average Bonchev–Trinajstić information content (AvgIpc) is 2.15. The van der Waals surface area contributed by atoms with Crippen molar-refractivity contribution in [3.63, 3.8) is 0 Å². The van der Waals surface area contributed by atoms with E-state index in [9.17, 15) is 0 Å². The minimum absolute atomic E-state index is 0.160. The fourth-order valence-electron chi connectivity index (χ4n) is 0.789. The number of halogens is 1. The van der Waals surface area contributed by atoms with Gasteiger partial charge >= 0.3 is 0 Å². The summed E-state index contributed by atoms with van der Waals surface area (Å²) in [6.07, 6.45) is 8.47. The van der Waals surface area contributed by atoms with Gasteiger partial charge in [0.15, 0.2) is 12.5 Å². The first kappa shape index (κ1) is 10.0. The van der Waals surface area contributed by atoms with Gasteiger partial charge in [-0.15, -0.1) is 6.42 Å². The van der Waals surface area contributed by atoms with Crippen molar-refractivity contribution in [1.82, 2.24) is 4.98 Å². The number of rotatable bonds is 3. The lowest BCUT2D eigenvalue weighted by atomic mass is 10.2. The number of aromatic nitrogens is 1. The van der Waals surface area contributed by atoms with Gasteiger partial charge in [-0.25, -0.2) is 0 Å². The Hall–Kier alpha value is -1.05. The van der Waals surface area contributed by atoms with E-state index in [1.807, 2.05) is 0 Å². The highest BCUT2D eigenvalue weighted by Crippen LogP contribution is 2.23. The van der Waals surface area contributed by atoms with Gasteiger partial charge in [0, 0.05) is 13.3 Å². The van der Waals surface area contributed by atoms with Gasteiger partial charge < -0.3 is 9.47 Å². The lowest BCUT2D eigenvalue weighted by Crippen LogP contribution is -2.01. The standard InChI is InChI=1S/C9H8BrNO2/c1-3-7-8(10)4-11-5-9(7)13-6-12-2/h1,4-5H,6H2,2H3. The summed E-state index contributed by atoms with van der Waals surface area (Å²) in [7, 11) is 1.54. The van der Waals surface area contributed by atoms with E-state index < -0.39 is 0 Å². The second-order valence-corrected chi connectivity index (χ2v) is 3.04. The highest BCUT2D eigenvalue weighted by atomic mass is 79.9. The van der Waals surface area contributed by atoms with Gasteiger partial charge in [-0.1, -0.05) is 5.92 Å². The van der Waals surface area contributed by atoms with Crippen molar-refractivity contribution < 1.29 is 9.47 Å². The van der Waals surface area contributed by atoms with Crippen LogP contribution in [0.25, 0.3) is 0 Å². The molecular formula is C9H8BrNO2. The quantitative estimate of drug-likeness (QED) is 0.598. The molecule has 0 radical (unpaired) electrons. The molecule has 13 heavy (non-hydrogen) atoms. The van der Waals surface area contributed by atoms with Crippen LogP contribution < -0.4 is 4.74 Å². The van der Waals surface area contributed by atoms with Crippen LogP contribution >= 0.6 is 15.9 Å². The van der Waals surface area contributed by atoms with Crippen LogP contribution in [0.5, 0.6) is 5.75 Å². The van der Waals surface area contributed by atoms with Crippen LogP contribution in [0, 0.1) is 12.3 Å². The lowest BCUT2D eigenvalue weighted by molar-refractivity contribution is 0.0506. The molecule has 1 aromatic rings. The van der Waals surface area contributed by atoms with Gasteiger partial charge in [0.05, 0.1) is 16.2 Å². The van der Waals surface area contributed by atoms with Gasteiger partial charge in [-0.05, 0) is 15.9 Å². The molecule has 0 aliphatic rings. The molecular weight excluding hydrogens is 234 g/mol. The summed E-state index contributed by atoms with van der Waals surface area (Å²) >= 11 is 3.27. The van der Waals surface area contributed by atoms with Crippen LogP contribution in [0.1, 0.15) is 5.56 Å². The lowest BCUT2D eigenvalue weighted by Gasteiger charge is -2.06. The molecule has 0 bridgehead atoms. The Morgan fingerprint density at radius 2 is 2.38 bits per heavy atom. The first-order valence-corrected chi connectivity index (χ1v) is 4.30. The Morgan fingerprint density at radius 3 is 3.00 bits per heavy atom. The Kier molecular flexibility index (Phi) is 3.74. The summed E-state index contributed by atoms with van der Waals surface area (Å²) in [5.74, 6) is 3.05. The zero-order valence-electron chi connectivity index (χ0n) is 7.08. The molecule has 0 saturated heterocycles. The zero-order chi connectivity index (χ0) is 9.68. The van der Waals surface area contributed by atoms with E-state index >= 15 is 0 Å². The first-order valence-electron chi connectivity index (χ1n) is 3.51. The van der Waals surface area contributed by atoms with E-state index in [2.05, 4.69) is 26.8 Å². The second kappa shape index (κ2) is 4.85. The number of ether oxygens (including phenoxy) is 2. The van der Waals surface area contributed by atoms with Gasteiger partial charge in [0.1, 0.15) is 0 Å². The molecule has 0 aliphatic heterocycles. The Bertz CT molecular complexity index is 333.